The topological polar surface area (TPSA) is 17.1 Å². The Kier molecular flexibility index (Phi) is 4.75. The van der Waals surface area contributed by atoms with Crippen molar-refractivity contribution < 1.29 is 4.79 Å². The van der Waals surface area contributed by atoms with E-state index in [1.165, 1.54) is 50.5 Å². The molecule has 0 aromatic carbocycles. The summed E-state index contributed by atoms with van der Waals surface area (Å²) in [4.78, 5) is 12.1. The lowest BCUT2D eigenvalue weighted by Gasteiger charge is -2.58. The van der Waals surface area contributed by atoms with Gasteiger partial charge < -0.3 is 0 Å². The molecule has 9 atom stereocenters. The predicted molar refractivity (Wildman–Crippen MR) is 125 cm³/mol. The quantitative estimate of drug-likeness (QED) is 0.405. The molecule has 5 aliphatic carbocycles. The van der Waals surface area contributed by atoms with Gasteiger partial charge in [0.1, 0.15) is 5.78 Å². The molecule has 9 unspecified atom stereocenters. The van der Waals surface area contributed by atoms with E-state index in [0.717, 1.165) is 60.2 Å². The summed E-state index contributed by atoms with van der Waals surface area (Å²) in [7, 11) is 0. The van der Waals surface area contributed by atoms with Crippen LogP contribution in [0.2, 0.25) is 0 Å². The molecular formula is C29H46O. The molecule has 1 heteroatoms. The van der Waals surface area contributed by atoms with Gasteiger partial charge in [0, 0.05) is 12.8 Å². The van der Waals surface area contributed by atoms with Gasteiger partial charge in [-0.2, -0.15) is 0 Å². The van der Waals surface area contributed by atoms with Gasteiger partial charge in [0.05, 0.1) is 0 Å². The second kappa shape index (κ2) is 6.71. The number of allylic oxidation sites excluding steroid dienone is 1. The van der Waals surface area contributed by atoms with Gasteiger partial charge >= 0.3 is 0 Å². The molecule has 0 N–H and O–H groups in total. The van der Waals surface area contributed by atoms with Gasteiger partial charge in [-0.15, -0.1) is 0 Å². The first kappa shape index (κ1) is 21.3. The molecule has 168 valence electrons. The van der Waals surface area contributed by atoms with E-state index in [4.69, 9.17) is 0 Å². The molecule has 0 bridgehead atoms. The highest BCUT2D eigenvalue weighted by Gasteiger charge is 2.69. The van der Waals surface area contributed by atoms with Crippen LogP contribution in [0.4, 0.5) is 0 Å². The van der Waals surface area contributed by atoms with Gasteiger partial charge in [0.15, 0.2) is 0 Å². The fraction of sp³-hybridized carbons (Fsp3) is 0.897. The minimum atomic E-state index is 0.242. The van der Waals surface area contributed by atoms with Crippen molar-refractivity contribution in [2.24, 2.45) is 63.6 Å². The maximum atomic E-state index is 12.1. The number of carbonyl (C=O) groups excluding carboxylic acids is 1. The number of rotatable bonds is 1. The molecule has 5 saturated carbocycles. The zero-order valence-electron chi connectivity index (χ0n) is 20.6. The Morgan fingerprint density at radius 1 is 0.800 bits per heavy atom. The van der Waals surface area contributed by atoms with Gasteiger partial charge in [-0.3, -0.25) is 4.79 Å². The molecule has 0 aliphatic heterocycles. The largest absolute Gasteiger partial charge is 0.300 e. The molecule has 0 spiro atoms. The van der Waals surface area contributed by atoms with Crippen LogP contribution < -0.4 is 0 Å². The van der Waals surface area contributed by atoms with E-state index >= 15 is 0 Å². The Labute approximate surface area is 185 Å². The van der Waals surface area contributed by atoms with Crippen LogP contribution in [0.3, 0.4) is 0 Å². The van der Waals surface area contributed by atoms with Crippen molar-refractivity contribution in [1.29, 1.82) is 0 Å². The van der Waals surface area contributed by atoms with E-state index in [-0.39, 0.29) is 10.8 Å². The molecule has 5 aliphatic rings. The van der Waals surface area contributed by atoms with Crippen molar-refractivity contribution in [3.63, 3.8) is 0 Å². The van der Waals surface area contributed by atoms with Crippen LogP contribution in [0, 0.1) is 63.6 Å². The summed E-state index contributed by atoms with van der Waals surface area (Å²) in [5.41, 5.74) is 2.33. The van der Waals surface area contributed by atoms with E-state index in [0.29, 0.717) is 11.2 Å². The normalized spacial score (nSPS) is 51.3. The molecule has 1 nitrogen and oxygen atoms in total. The van der Waals surface area contributed by atoms with Crippen molar-refractivity contribution in [2.45, 2.75) is 99.3 Å². The molecule has 0 saturated heterocycles. The maximum absolute atomic E-state index is 12.1. The van der Waals surface area contributed by atoms with Gasteiger partial charge in [-0.25, -0.2) is 0 Å². The van der Waals surface area contributed by atoms with Crippen LogP contribution in [-0.4, -0.2) is 5.78 Å². The summed E-state index contributed by atoms with van der Waals surface area (Å²) in [6.07, 6.45) is 11.5. The Morgan fingerprint density at radius 2 is 1.37 bits per heavy atom. The summed E-state index contributed by atoms with van der Waals surface area (Å²) in [6, 6.07) is 0. The summed E-state index contributed by atoms with van der Waals surface area (Å²) < 4.78 is 0. The maximum Gasteiger partial charge on any atom is 0.133 e. The molecule has 5 rings (SSSR count). The van der Waals surface area contributed by atoms with Crippen LogP contribution in [-0.2, 0) is 4.79 Å². The molecule has 0 heterocycles. The number of carbonyl (C=O) groups is 1. The fourth-order valence-electron chi connectivity index (χ4n) is 10.5. The summed E-state index contributed by atoms with van der Waals surface area (Å²) in [6.45, 7) is 19.8. The van der Waals surface area contributed by atoms with Crippen LogP contribution in [0.15, 0.2) is 12.2 Å². The third-order valence-electron chi connectivity index (χ3n) is 12.9. The van der Waals surface area contributed by atoms with E-state index in [2.05, 4.69) is 48.1 Å². The number of hydrogen-bond donors (Lipinski definition) is 0. The van der Waals surface area contributed by atoms with Crippen molar-refractivity contribution in [2.75, 3.05) is 0 Å². The van der Waals surface area contributed by atoms with Crippen molar-refractivity contribution in [1.82, 2.24) is 0 Å². The first-order chi connectivity index (χ1) is 14.0. The SMILES string of the molecule is C=C(C)C1(C)C2C3CCC4C5CCC(=O)CC5CCC4C3CCC2C(C)(C)C1(C)C. The summed E-state index contributed by atoms with van der Waals surface area (Å²) in [5, 5.41) is 0. The molecule has 5 fully saturated rings. The standard InChI is InChI=1S/C29H46O/c1-17(2)29(7)26-24-13-12-21-20-11-9-19(30)16-18(20)8-10-22(21)23(24)14-15-25(26)27(3,4)28(29,5)6/h18,20-26H,1,8-16H2,2-7H3. The minimum absolute atomic E-state index is 0.242. The monoisotopic (exact) mass is 410 g/mol. The number of Topliss-reactive ketones (excluding diaryl/α,β-unsaturated/α-hetero) is 1. The lowest BCUT2D eigenvalue weighted by molar-refractivity contribution is -0.128. The molecule has 30 heavy (non-hydrogen) atoms. The van der Waals surface area contributed by atoms with E-state index in [1.807, 2.05) is 0 Å². The van der Waals surface area contributed by atoms with Crippen molar-refractivity contribution in [3.05, 3.63) is 12.2 Å². The van der Waals surface area contributed by atoms with Gasteiger partial charge in [-0.05, 0) is 115 Å². The highest BCUT2D eigenvalue weighted by Crippen LogP contribution is 2.76. The fourth-order valence-corrected chi connectivity index (χ4v) is 10.5. The van der Waals surface area contributed by atoms with Crippen molar-refractivity contribution in [3.8, 4) is 0 Å². The first-order valence-electron chi connectivity index (χ1n) is 13.2. The molecule has 0 radical (unpaired) electrons. The first-order valence-corrected chi connectivity index (χ1v) is 13.2. The Hall–Kier alpha value is -0.590. The van der Waals surface area contributed by atoms with Crippen LogP contribution in [0.5, 0.6) is 0 Å². The third-order valence-corrected chi connectivity index (χ3v) is 12.9. The molecule has 0 amide bonds. The molecule has 0 aromatic rings. The van der Waals surface area contributed by atoms with Crippen molar-refractivity contribution >= 4 is 5.78 Å². The number of ketones is 1. The van der Waals surface area contributed by atoms with Crippen LogP contribution >= 0.6 is 0 Å². The van der Waals surface area contributed by atoms with Crippen LogP contribution in [0.1, 0.15) is 99.3 Å². The highest BCUT2D eigenvalue weighted by molar-refractivity contribution is 5.79. The van der Waals surface area contributed by atoms with E-state index < -0.39 is 0 Å². The second-order valence-corrected chi connectivity index (χ2v) is 13.6. The van der Waals surface area contributed by atoms with Gasteiger partial charge in [-0.1, -0.05) is 46.8 Å². The Bertz CT molecular complexity index is 743. The van der Waals surface area contributed by atoms with E-state index in [9.17, 15) is 4.79 Å². The van der Waals surface area contributed by atoms with Gasteiger partial charge in [0.2, 0.25) is 0 Å². The smallest absolute Gasteiger partial charge is 0.133 e. The zero-order chi connectivity index (χ0) is 21.6. The van der Waals surface area contributed by atoms with E-state index in [1.54, 1.807) is 0 Å². The third kappa shape index (κ3) is 2.50. The van der Waals surface area contributed by atoms with Gasteiger partial charge in [0.25, 0.3) is 0 Å². The lowest BCUT2D eigenvalue weighted by Crippen LogP contribution is -2.51. The predicted octanol–water partition coefficient (Wildman–Crippen LogP) is 7.70. The molecular weight excluding hydrogens is 364 g/mol. The molecule has 0 aromatic heterocycles. The Morgan fingerprint density at radius 3 is 2.07 bits per heavy atom. The number of fused-ring (bicyclic) bond motifs is 7. The lowest BCUT2D eigenvalue weighted by atomic mass is 9.46. The zero-order valence-corrected chi connectivity index (χ0v) is 20.6. The average molecular weight is 411 g/mol. The highest BCUT2D eigenvalue weighted by atomic mass is 16.1. The average Bonchev–Trinajstić information content (AvgIpc) is 2.82. The summed E-state index contributed by atoms with van der Waals surface area (Å²) >= 11 is 0. The minimum Gasteiger partial charge on any atom is -0.300 e. The number of hydrogen-bond acceptors (Lipinski definition) is 1. The second-order valence-electron chi connectivity index (χ2n) is 13.6. The van der Waals surface area contributed by atoms with Crippen LogP contribution in [0.25, 0.3) is 0 Å². The Balaban J connectivity index is 1.48. The summed E-state index contributed by atoms with van der Waals surface area (Å²) in [5.74, 6) is 7.50.